The maximum absolute atomic E-state index is 12.4. The molecule has 12 rings (SSSR count). The highest BCUT2D eigenvalue weighted by Crippen LogP contribution is 2.44. The first-order valence-corrected chi connectivity index (χ1v) is 41.4. The zero-order valence-electron chi connectivity index (χ0n) is 68.6. The summed E-state index contributed by atoms with van der Waals surface area (Å²) in [5.74, 6) is 0. The van der Waals surface area contributed by atoms with Gasteiger partial charge in [0, 0.05) is 26.4 Å². The van der Waals surface area contributed by atoms with Crippen LogP contribution in [0.3, 0.4) is 0 Å². The Morgan fingerprint density at radius 1 is 0.176 bits per heavy atom. The lowest BCUT2D eigenvalue weighted by Gasteiger charge is -2.51. The lowest BCUT2D eigenvalue weighted by molar-refractivity contribution is -0.416. The number of hydrogen-bond donors (Lipinski definition) is 28. The Morgan fingerprint density at radius 2 is 0.376 bits per heavy atom. The molecule has 0 spiro atoms. The summed E-state index contributed by atoms with van der Waals surface area (Å²) in [7, 11) is 1.18. The molecule has 52 nitrogen and oxygen atoms in total. The van der Waals surface area contributed by atoms with E-state index in [0.29, 0.717) is 0 Å². The summed E-state index contributed by atoms with van der Waals surface area (Å²) in [6.45, 7) is 1.81. The van der Waals surface area contributed by atoms with Crippen LogP contribution in [0.5, 0.6) is 0 Å². The number of methoxy groups -OCH3 is 1. The van der Waals surface area contributed by atoms with Crippen molar-refractivity contribution >= 4 is 0 Å². The first-order chi connectivity index (χ1) is 59.2. The Labute approximate surface area is 712 Å². The highest BCUT2D eigenvalue weighted by atomic mass is 16.8. The van der Waals surface area contributed by atoms with Crippen LogP contribution in [0.4, 0.5) is 0 Å². The molecule has 28 N–H and O–H groups in total. The number of rotatable bonds is 29. The number of aliphatic hydroxyl groups excluding tert-OH is 28. The van der Waals surface area contributed by atoms with Crippen molar-refractivity contribution in [2.75, 3.05) is 46.8 Å². The van der Waals surface area contributed by atoms with E-state index in [1.807, 2.05) is 0 Å². The summed E-state index contributed by atoms with van der Waals surface area (Å²) in [6.07, 6.45) is -107. The zero-order chi connectivity index (χ0) is 91.2. The van der Waals surface area contributed by atoms with Gasteiger partial charge < -0.3 is 257 Å². The van der Waals surface area contributed by atoms with Crippen LogP contribution < -0.4 is 0 Å². The maximum Gasteiger partial charge on any atom is 0.187 e. The van der Waals surface area contributed by atoms with Gasteiger partial charge in [-0.15, -0.1) is 0 Å². The van der Waals surface area contributed by atoms with Gasteiger partial charge in [-0.05, 0) is 41.5 Å². The number of aliphatic hydroxyl groups is 28. The van der Waals surface area contributed by atoms with Crippen molar-refractivity contribution in [3.05, 3.63) is 0 Å². The van der Waals surface area contributed by atoms with Gasteiger partial charge >= 0.3 is 0 Å². The molecule has 57 atom stereocenters. The first kappa shape index (κ1) is 102. The smallest absolute Gasteiger partial charge is 0.187 e. The molecule has 0 saturated carbocycles. The molecule has 12 saturated heterocycles. The third-order valence-electron chi connectivity index (χ3n) is 24.7. The van der Waals surface area contributed by atoms with Crippen LogP contribution in [-0.2, 0) is 114 Å². The lowest BCUT2D eigenvalue weighted by atomic mass is 9.95. The number of ether oxygens (including phenoxy) is 24. The largest absolute Gasteiger partial charge is 0.394 e. The average Bonchev–Trinajstić information content (AvgIpc) is 0.766. The second-order valence-corrected chi connectivity index (χ2v) is 33.4. The molecular formula is C73H124O52. The molecule has 12 heterocycles. The van der Waals surface area contributed by atoms with Gasteiger partial charge in [0.15, 0.2) is 75.5 Å². The monoisotopic (exact) mass is 1830 g/mol. The topological polar surface area (TPSA) is 788 Å². The molecule has 0 aromatic rings. The first-order valence-electron chi connectivity index (χ1n) is 41.4. The Balaban J connectivity index is 0.780. The summed E-state index contributed by atoms with van der Waals surface area (Å²) in [5, 5.41) is 316. The van der Waals surface area contributed by atoms with Gasteiger partial charge in [0.1, 0.15) is 220 Å². The van der Waals surface area contributed by atoms with Crippen LogP contribution in [-0.4, -0.2) is 540 Å². The number of hydrogen-bond acceptors (Lipinski definition) is 52. The lowest BCUT2D eigenvalue weighted by Crippen LogP contribution is -2.69. The summed E-state index contributed by atoms with van der Waals surface area (Å²) < 4.78 is 144. The molecule has 125 heavy (non-hydrogen) atoms. The summed E-state index contributed by atoms with van der Waals surface area (Å²) in [4.78, 5) is 0. The van der Waals surface area contributed by atoms with E-state index >= 15 is 0 Å². The van der Waals surface area contributed by atoms with E-state index in [2.05, 4.69) is 0 Å². The molecule has 52 heteroatoms. The van der Waals surface area contributed by atoms with Crippen molar-refractivity contribution in [2.45, 2.75) is 411 Å². The molecule has 0 aromatic carbocycles. The van der Waals surface area contributed by atoms with Crippen LogP contribution in [0.15, 0.2) is 0 Å². The van der Waals surface area contributed by atoms with E-state index in [9.17, 15) is 143 Å². The molecule has 12 fully saturated rings. The maximum atomic E-state index is 12.4. The van der Waals surface area contributed by atoms with Crippen LogP contribution in [0, 0.1) is 0 Å². The molecule has 0 aliphatic carbocycles. The SMILES string of the molecule is CO[C@@H]1O[C@@H](C)[C@H](O[C@H]2O[C@H](CO)[C@@H](O)[C@H](O[C@H]3O[C@H](C)[C@H](O)C[C@H]3O)[C@@H]2O[C@H]2O[C@H](CO)[C@H](O)[C@H](O[C@@H]3O[C@@H](C)[C@H](O[C@H]4O[C@H](CO)[C@@H](O)[C@H](O[C@H]5O[C@H](C)[C@H](O)C[C@H]5O)[C@@H]4O[C@H]4O[C@H](CO)[C@H](O)[C@H](O[C@@H]5O[C@@H](C)[C@H](O[C@H]6O[C@H](CO)[C@@H](O)[C@H](O[C@H]7O[C@H](C)[C@H](O)C[C@H]7O)[C@@H]6O[C@H]6O[C@H](CO)[C@H](O)[C@H](O)[C@H]6O)[C@@H](O)[C@H]5O)[C@H]4O)[C@@H](O)[C@H]3O)[C@H]2O)[C@@H](O)[C@H]1O. The quantitative estimate of drug-likeness (QED) is 0.0331. The van der Waals surface area contributed by atoms with Crippen molar-refractivity contribution in [3.8, 4) is 0 Å². The fourth-order valence-electron chi connectivity index (χ4n) is 17.1. The second kappa shape index (κ2) is 43.7. The highest BCUT2D eigenvalue weighted by Gasteiger charge is 2.63. The van der Waals surface area contributed by atoms with Gasteiger partial charge in [0.2, 0.25) is 0 Å². The van der Waals surface area contributed by atoms with Crippen molar-refractivity contribution < 1.29 is 257 Å². The molecular weight excluding hydrogens is 1710 g/mol. The van der Waals surface area contributed by atoms with E-state index in [-0.39, 0.29) is 12.8 Å². The van der Waals surface area contributed by atoms with E-state index in [4.69, 9.17) is 114 Å². The van der Waals surface area contributed by atoms with E-state index in [1.165, 1.54) is 48.7 Å². The predicted octanol–water partition coefficient (Wildman–Crippen LogP) is -17.2. The molecule has 0 radical (unpaired) electrons. The van der Waals surface area contributed by atoms with Crippen molar-refractivity contribution in [1.82, 2.24) is 0 Å². The minimum absolute atomic E-state index is 0.325. The van der Waals surface area contributed by atoms with Crippen LogP contribution in [0.1, 0.15) is 60.8 Å². The van der Waals surface area contributed by atoms with E-state index in [1.54, 1.807) is 0 Å². The average molecular weight is 1830 g/mol. The normalized spacial score (nSPS) is 54.7. The zero-order valence-corrected chi connectivity index (χ0v) is 68.6. The van der Waals surface area contributed by atoms with Crippen LogP contribution in [0.2, 0.25) is 0 Å². The van der Waals surface area contributed by atoms with Gasteiger partial charge in [-0.25, -0.2) is 0 Å². The van der Waals surface area contributed by atoms with Gasteiger partial charge in [-0.3, -0.25) is 0 Å². The third-order valence-corrected chi connectivity index (χ3v) is 24.7. The van der Waals surface area contributed by atoms with Crippen molar-refractivity contribution in [3.63, 3.8) is 0 Å². The molecule has 0 aromatic heterocycles. The highest BCUT2D eigenvalue weighted by molar-refractivity contribution is 5.04. The summed E-state index contributed by atoms with van der Waals surface area (Å²) in [6, 6.07) is 0. The Bertz CT molecular complexity index is 3250. The van der Waals surface area contributed by atoms with Gasteiger partial charge in [-0.1, -0.05) is 0 Å². The van der Waals surface area contributed by atoms with Gasteiger partial charge in [0.25, 0.3) is 0 Å². The van der Waals surface area contributed by atoms with Crippen molar-refractivity contribution in [2.24, 2.45) is 0 Å². The molecule has 12 aliphatic heterocycles. The Kier molecular flexibility index (Phi) is 35.6. The Hall–Kier alpha value is -2.08. The fraction of sp³-hybridized carbons (Fsp3) is 1.00. The van der Waals surface area contributed by atoms with Crippen LogP contribution in [0.25, 0.3) is 0 Å². The standard InChI is InChI=1S/C73H124O52/c1-17-23(80)8-26(83)62(103-17)120-56-38(89)32(14-77)112-71(59(56)123-68-45(96)41(92)35(86)29(11-74)109-68)116-52-21(5)107-66(47(98)43(52)94)118-55-37(88)31(13-76)111-70(50(55)101)125-61-58(122-64-28(85)10-25(82)19(3)105-64)40(91)34(16-79)114-73(61)117-53-22(6)108-67(48(99)44(53)95)119-54-36(87)30(12-75)110-69(49(54)100)124-60-57(121-63-27(84)9-24(81)18(2)104-63)39(90)33(15-78)113-72(60)115-51-20(4)106-65(102-7)46(97)42(51)93/h17-101H,8-16H2,1-7H3/t17-,18-,19-,20+,21+,22+,23-,24-,25-,26-,27-,28-,29-,30-,31-,32-,33-,34-,35+,36+,37+,38-,39-,40-,41+,42+,43+,44+,45-,46-,47-,48-,49-,50-,51+,52+,53+,54+,55+,56+,57+,58+,59+,60+,61+,62-,63-,64-,65-,66+,67+,68-,69-,70-,71-,72-,73-/m1/s1. The molecule has 0 bridgehead atoms. The molecule has 0 amide bonds. The second-order valence-electron chi connectivity index (χ2n) is 33.4. The molecule has 12 aliphatic rings. The van der Waals surface area contributed by atoms with Crippen molar-refractivity contribution in [1.29, 1.82) is 0 Å². The minimum atomic E-state index is -2.42. The summed E-state index contributed by atoms with van der Waals surface area (Å²) in [5.41, 5.74) is 0. The minimum Gasteiger partial charge on any atom is -0.394 e. The molecule has 0 unspecified atom stereocenters. The molecule has 728 valence electrons. The van der Waals surface area contributed by atoms with Gasteiger partial charge in [0.05, 0.1) is 94.6 Å². The van der Waals surface area contributed by atoms with Gasteiger partial charge in [-0.2, -0.15) is 0 Å². The van der Waals surface area contributed by atoms with E-state index < -0.39 is 396 Å². The summed E-state index contributed by atoms with van der Waals surface area (Å²) >= 11 is 0. The fourth-order valence-corrected chi connectivity index (χ4v) is 17.1. The van der Waals surface area contributed by atoms with Crippen LogP contribution >= 0.6 is 0 Å². The van der Waals surface area contributed by atoms with E-state index in [0.717, 1.165) is 0 Å². The third kappa shape index (κ3) is 21.8. The Morgan fingerprint density at radius 3 is 0.656 bits per heavy atom. The predicted molar refractivity (Wildman–Crippen MR) is 387 cm³/mol.